The van der Waals surface area contributed by atoms with Crippen molar-refractivity contribution in [3.8, 4) is 5.75 Å². The molecule has 0 radical (unpaired) electrons. The lowest BCUT2D eigenvalue weighted by molar-refractivity contribution is -0.143. The summed E-state index contributed by atoms with van der Waals surface area (Å²) in [6.07, 6.45) is 22.7. The first-order valence-electron chi connectivity index (χ1n) is 18.1. The van der Waals surface area contributed by atoms with Gasteiger partial charge >= 0.3 is 5.97 Å². The molecule has 7 nitrogen and oxygen atoms in total. The van der Waals surface area contributed by atoms with E-state index in [-0.39, 0.29) is 29.5 Å². The van der Waals surface area contributed by atoms with Crippen LogP contribution in [0.1, 0.15) is 126 Å². The summed E-state index contributed by atoms with van der Waals surface area (Å²) in [4.78, 5) is 37.1. The van der Waals surface area contributed by atoms with Crippen molar-refractivity contribution in [2.45, 2.75) is 116 Å². The van der Waals surface area contributed by atoms with Gasteiger partial charge in [-0.15, -0.1) is 0 Å². The van der Waals surface area contributed by atoms with Gasteiger partial charge in [-0.3, -0.25) is 14.4 Å². The smallest absolute Gasteiger partial charge is 0.307 e. The number of carboxylic acid groups (broad SMARTS) is 1. The Hall–Kier alpha value is -4.13. The van der Waals surface area contributed by atoms with Gasteiger partial charge in [-0.05, 0) is 67.7 Å². The lowest BCUT2D eigenvalue weighted by atomic mass is 9.97. The quantitative estimate of drug-likeness (QED) is 0.0566. The van der Waals surface area contributed by atoms with Crippen LogP contribution in [0.3, 0.4) is 0 Å². The molecule has 0 heterocycles. The topological polar surface area (TPSA) is 116 Å². The third kappa shape index (κ3) is 14.3. The first-order chi connectivity index (χ1) is 23.4. The van der Waals surface area contributed by atoms with E-state index in [1.54, 1.807) is 24.3 Å². The number of aliphatic carboxylic acids is 1. The molecule has 260 valence electrons. The number of carbonyl (C=O) groups is 3. The number of carboxylic acids is 1. The van der Waals surface area contributed by atoms with E-state index in [9.17, 15) is 24.6 Å². The second-order valence-corrected chi connectivity index (χ2v) is 12.9. The van der Waals surface area contributed by atoms with Crippen LogP contribution in [-0.4, -0.2) is 34.5 Å². The summed E-state index contributed by atoms with van der Waals surface area (Å²) in [7, 11) is 0. The van der Waals surface area contributed by atoms with Crippen molar-refractivity contribution in [3.63, 3.8) is 0 Å². The third-order valence-electron chi connectivity index (χ3n) is 8.93. The Morgan fingerprint density at radius 3 is 2.04 bits per heavy atom. The molecule has 0 bridgehead atoms. The van der Waals surface area contributed by atoms with Crippen LogP contribution in [0.4, 0.5) is 5.69 Å². The molecule has 3 aromatic rings. The Morgan fingerprint density at radius 2 is 1.38 bits per heavy atom. The van der Waals surface area contributed by atoms with Crippen molar-refractivity contribution in [1.82, 2.24) is 5.32 Å². The van der Waals surface area contributed by atoms with Crippen molar-refractivity contribution < 1.29 is 24.6 Å². The van der Waals surface area contributed by atoms with Gasteiger partial charge in [0.05, 0.1) is 11.5 Å². The molecule has 7 heteroatoms. The number of allylic oxidation sites excluding steroid dienone is 2. The minimum Gasteiger partial charge on any atom is -0.506 e. The number of hydrogen-bond acceptors (Lipinski definition) is 4. The zero-order valence-corrected chi connectivity index (χ0v) is 28.9. The van der Waals surface area contributed by atoms with Gasteiger partial charge in [0.15, 0.2) is 0 Å². The highest BCUT2D eigenvalue weighted by molar-refractivity contribution is 6.03. The molecule has 0 aliphatic rings. The fourth-order valence-electron chi connectivity index (χ4n) is 6.00. The lowest BCUT2D eigenvalue weighted by Gasteiger charge is -2.13. The summed E-state index contributed by atoms with van der Waals surface area (Å²) in [5.41, 5.74) is 1.81. The largest absolute Gasteiger partial charge is 0.506 e. The van der Waals surface area contributed by atoms with Crippen LogP contribution in [0, 0.1) is 5.92 Å². The summed E-state index contributed by atoms with van der Waals surface area (Å²) in [5.74, 6) is -2.32. The van der Waals surface area contributed by atoms with Crippen molar-refractivity contribution >= 4 is 34.2 Å². The van der Waals surface area contributed by atoms with Gasteiger partial charge in [0.2, 0.25) is 5.91 Å². The summed E-state index contributed by atoms with van der Waals surface area (Å²) < 4.78 is 0. The number of carbonyl (C=O) groups excluding carboxylic acids is 2. The van der Waals surface area contributed by atoms with Crippen LogP contribution < -0.4 is 10.6 Å². The number of unbranched alkanes of at least 4 members (excludes halogenated alkanes) is 12. The average molecular weight is 657 g/mol. The lowest BCUT2D eigenvalue weighted by Crippen LogP contribution is -2.25. The Bertz CT molecular complexity index is 1430. The predicted octanol–water partition coefficient (Wildman–Crippen LogP) is 9.97. The summed E-state index contributed by atoms with van der Waals surface area (Å²) in [6, 6.07) is 18.1. The monoisotopic (exact) mass is 656 g/mol. The van der Waals surface area contributed by atoms with Gasteiger partial charge in [-0.2, -0.15) is 0 Å². The van der Waals surface area contributed by atoms with Gasteiger partial charge in [0, 0.05) is 24.0 Å². The summed E-state index contributed by atoms with van der Waals surface area (Å²) in [6.45, 7) is 2.64. The number of phenols is 1. The molecule has 48 heavy (non-hydrogen) atoms. The van der Waals surface area contributed by atoms with Gasteiger partial charge in [-0.25, -0.2) is 0 Å². The first-order valence-corrected chi connectivity index (χ1v) is 18.1. The van der Waals surface area contributed by atoms with Crippen LogP contribution in [0.25, 0.3) is 10.8 Å². The highest BCUT2D eigenvalue weighted by Crippen LogP contribution is 2.28. The molecule has 0 aliphatic carbocycles. The molecule has 3 rings (SSSR count). The van der Waals surface area contributed by atoms with E-state index < -0.39 is 11.9 Å². The highest BCUT2D eigenvalue weighted by atomic mass is 16.4. The molecule has 0 aromatic heterocycles. The van der Waals surface area contributed by atoms with Gasteiger partial charge < -0.3 is 20.8 Å². The van der Waals surface area contributed by atoms with E-state index in [1.165, 1.54) is 64.2 Å². The highest BCUT2D eigenvalue weighted by Gasteiger charge is 2.21. The van der Waals surface area contributed by atoms with E-state index in [0.717, 1.165) is 36.6 Å². The first kappa shape index (κ1) is 38.3. The number of benzene rings is 3. The molecular formula is C41H56N2O5. The molecule has 1 atom stereocenters. The van der Waals surface area contributed by atoms with E-state index in [4.69, 9.17) is 0 Å². The number of phenolic OH excluding ortho intramolecular Hbond substituents is 1. The standard InChI is InChI=1S/C41H56N2O5/c1-2-3-4-5-6-7-8-9-10-11-12-13-14-15-16-17-21-34(41(47)48)31-38(44)43-35-26-23-32(24-27-35)29-30-42-40(46)37-28-25-33-20-18-19-22-36(33)39(37)45/h13-14,18-20,22-28,34,45H,2-12,15-17,21,29-31H2,1H3,(H,42,46)(H,43,44)(H,47,48)/b14-13+. The molecule has 0 fully saturated rings. The normalized spacial score (nSPS) is 11.9. The summed E-state index contributed by atoms with van der Waals surface area (Å²) in [5, 5.41) is 27.4. The van der Waals surface area contributed by atoms with Gasteiger partial charge in [0.25, 0.3) is 5.91 Å². The molecule has 0 spiro atoms. The fourth-order valence-corrected chi connectivity index (χ4v) is 6.00. The number of hydrogen-bond donors (Lipinski definition) is 4. The number of nitrogens with one attached hydrogen (secondary N) is 2. The molecule has 0 saturated heterocycles. The number of fused-ring (bicyclic) bond motifs is 1. The maximum absolute atomic E-state index is 12.7. The van der Waals surface area contributed by atoms with Crippen molar-refractivity contribution in [1.29, 1.82) is 0 Å². The van der Waals surface area contributed by atoms with Crippen molar-refractivity contribution in [2.24, 2.45) is 5.92 Å². The van der Waals surface area contributed by atoms with E-state index in [1.807, 2.05) is 36.4 Å². The second-order valence-electron chi connectivity index (χ2n) is 12.9. The maximum atomic E-state index is 12.7. The zero-order chi connectivity index (χ0) is 34.4. The molecule has 0 aliphatic heterocycles. The van der Waals surface area contributed by atoms with Crippen LogP contribution in [0.2, 0.25) is 0 Å². The van der Waals surface area contributed by atoms with E-state index in [0.29, 0.717) is 30.5 Å². The number of rotatable bonds is 24. The molecule has 4 N–H and O–H groups in total. The molecule has 1 unspecified atom stereocenters. The third-order valence-corrected chi connectivity index (χ3v) is 8.93. The second kappa shape index (κ2) is 22.4. The number of anilines is 1. The summed E-state index contributed by atoms with van der Waals surface area (Å²) >= 11 is 0. The Morgan fingerprint density at radius 1 is 0.750 bits per heavy atom. The zero-order valence-electron chi connectivity index (χ0n) is 28.9. The van der Waals surface area contributed by atoms with E-state index in [2.05, 4.69) is 29.7 Å². The van der Waals surface area contributed by atoms with Crippen LogP contribution in [-0.2, 0) is 16.0 Å². The van der Waals surface area contributed by atoms with Crippen LogP contribution in [0.15, 0.2) is 72.8 Å². The van der Waals surface area contributed by atoms with Crippen LogP contribution in [0.5, 0.6) is 5.75 Å². The maximum Gasteiger partial charge on any atom is 0.307 e. The number of amides is 2. The van der Waals surface area contributed by atoms with Crippen molar-refractivity contribution in [2.75, 3.05) is 11.9 Å². The fraction of sp³-hybridized carbons (Fsp3) is 0.488. The Balaban J connectivity index is 1.26. The van der Waals surface area contributed by atoms with Crippen LogP contribution >= 0.6 is 0 Å². The number of aromatic hydroxyl groups is 1. The molecule has 3 aromatic carbocycles. The average Bonchev–Trinajstić information content (AvgIpc) is 3.08. The van der Waals surface area contributed by atoms with Crippen molar-refractivity contribution in [3.05, 3.63) is 83.9 Å². The minimum absolute atomic E-state index is 0.0296. The Kier molecular flexibility index (Phi) is 17.9. The Labute approximate surface area is 287 Å². The molecule has 0 saturated carbocycles. The molecular weight excluding hydrogens is 600 g/mol. The predicted molar refractivity (Wildman–Crippen MR) is 197 cm³/mol. The molecule has 2 amide bonds. The van der Waals surface area contributed by atoms with E-state index >= 15 is 0 Å². The minimum atomic E-state index is -0.934. The van der Waals surface area contributed by atoms with Gasteiger partial charge in [0.1, 0.15) is 5.75 Å². The van der Waals surface area contributed by atoms with Gasteiger partial charge in [-0.1, -0.05) is 126 Å². The SMILES string of the molecule is CCCCCCCCCCCC/C=C/CCCCC(CC(=O)Nc1ccc(CCNC(=O)c2ccc3ccccc3c2O)cc1)C(=O)O.